The summed E-state index contributed by atoms with van der Waals surface area (Å²) in [6.07, 6.45) is 0.255. The van der Waals surface area contributed by atoms with Crippen molar-refractivity contribution in [2.75, 3.05) is 0 Å². The van der Waals surface area contributed by atoms with Crippen LogP contribution in [0.25, 0.3) is 0 Å². The van der Waals surface area contributed by atoms with Gasteiger partial charge in [0.05, 0.1) is 0 Å². The lowest BCUT2D eigenvalue weighted by atomic mass is 10.1. The topological polar surface area (TPSA) is 94.6 Å². The fourth-order valence-corrected chi connectivity index (χ4v) is 2.43. The van der Waals surface area contributed by atoms with E-state index in [9.17, 15) is 29.4 Å². The Morgan fingerprint density at radius 2 is 1.79 bits per heavy atom. The normalized spacial score (nSPS) is 12.2. The average molecular weight is 314 g/mol. The summed E-state index contributed by atoms with van der Waals surface area (Å²) in [5.74, 6) is -1.66. The highest BCUT2D eigenvalue weighted by atomic mass is 32.3. The van der Waals surface area contributed by atoms with Crippen molar-refractivity contribution >= 4 is 27.0 Å². The van der Waals surface area contributed by atoms with Crippen molar-refractivity contribution in [3.05, 3.63) is 28.8 Å². The molecule has 1 aromatic rings. The van der Waals surface area contributed by atoms with Gasteiger partial charge in [0.1, 0.15) is 17.8 Å². The Morgan fingerprint density at radius 3 is 2.21 bits per heavy atom. The molecule has 0 aromatic heterocycles. The van der Waals surface area contributed by atoms with Crippen molar-refractivity contribution in [2.24, 2.45) is 0 Å². The van der Waals surface area contributed by atoms with Gasteiger partial charge in [-0.3, -0.25) is 4.79 Å². The molecule has 0 aliphatic carbocycles. The summed E-state index contributed by atoms with van der Waals surface area (Å²) in [7, 11) is -10.2. The minimum atomic E-state index is -5.34. The fourth-order valence-electron chi connectivity index (χ4n) is 1.37. The highest BCUT2D eigenvalue weighted by Gasteiger charge is 2.19. The van der Waals surface area contributed by atoms with Crippen LogP contribution >= 0.6 is 0 Å². The summed E-state index contributed by atoms with van der Waals surface area (Å²) < 4.78 is 70.9. The third-order valence-electron chi connectivity index (χ3n) is 2.14. The lowest BCUT2D eigenvalue weighted by molar-refractivity contribution is 0.112. The van der Waals surface area contributed by atoms with Crippen LogP contribution in [-0.4, -0.2) is 23.1 Å². The first kappa shape index (κ1) is 15.5. The van der Waals surface area contributed by atoms with E-state index < -0.39 is 32.2 Å². The Hall–Kier alpha value is -1.55. The monoisotopic (exact) mass is 314 g/mol. The molecule has 0 heterocycles. The van der Waals surface area contributed by atoms with Crippen molar-refractivity contribution in [2.45, 2.75) is 12.7 Å². The van der Waals surface area contributed by atoms with E-state index in [0.29, 0.717) is 0 Å². The Morgan fingerprint density at radius 1 is 1.21 bits per heavy atom. The molecule has 0 saturated carbocycles. The maximum Gasteiger partial charge on any atom is 0.488 e. The van der Waals surface area contributed by atoms with E-state index in [0.717, 1.165) is 12.1 Å². The van der Waals surface area contributed by atoms with Crippen LogP contribution in [-0.2, 0) is 26.5 Å². The summed E-state index contributed by atoms with van der Waals surface area (Å²) in [4.78, 5) is 10.6. The third-order valence-corrected chi connectivity index (χ3v) is 3.18. The van der Waals surface area contributed by atoms with Crippen LogP contribution < -0.4 is 4.18 Å². The molecule has 10 heteroatoms. The second-order valence-electron chi connectivity index (χ2n) is 3.58. The van der Waals surface area contributed by atoms with E-state index in [4.69, 9.17) is 0 Å². The van der Waals surface area contributed by atoms with Crippen LogP contribution in [0.5, 0.6) is 5.75 Å². The molecule has 0 saturated heterocycles. The minimum absolute atomic E-state index is 0.104. The molecule has 1 rings (SSSR count). The second kappa shape index (κ2) is 5.21. The predicted octanol–water partition coefficient (Wildman–Crippen LogP) is 1.20. The van der Waals surface area contributed by atoms with E-state index in [2.05, 4.69) is 4.18 Å². The summed E-state index contributed by atoms with van der Waals surface area (Å²) in [5, 5.41) is 0. The van der Waals surface area contributed by atoms with Gasteiger partial charge in [0.2, 0.25) is 0 Å². The van der Waals surface area contributed by atoms with Crippen LogP contribution in [0.1, 0.15) is 21.5 Å². The standard InChI is InChI=1S/C9H8F2O6S2/c1-6-8(5-18(10,13)14)2-7(4-12)3-9(6)17-19(11,15)16/h2-4H,5H2,1H3. The molecule has 6 nitrogen and oxygen atoms in total. The van der Waals surface area contributed by atoms with E-state index in [1.807, 2.05) is 0 Å². The van der Waals surface area contributed by atoms with Gasteiger partial charge in [-0.25, -0.2) is 0 Å². The maximum absolute atomic E-state index is 12.6. The zero-order chi connectivity index (χ0) is 14.8. The van der Waals surface area contributed by atoms with Crippen molar-refractivity contribution < 1.29 is 33.6 Å². The molecule has 0 atom stereocenters. The van der Waals surface area contributed by atoms with E-state index >= 15 is 0 Å². The average Bonchev–Trinajstić information content (AvgIpc) is 2.19. The molecule has 0 aliphatic heterocycles. The van der Waals surface area contributed by atoms with Crippen LogP contribution in [0, 0.1) is 6.92 Å². The summed E-state index contributed by atoms with van der Waals surface area (Å²) in [6.45, 7) is 1.20. The molecule has 0 radical (unpaired) electrons. The van der Waals surface area contributed by atoms with Gasteiger partial charge in [-0.15, -0.1) is 3.89 Å². The molecular formula is C9H8F2O6S2. The van der Waals surface area contributed by atoms with Gasteiger partial charge < -0.3 is 4.18 Å². The van der Waals surface area contributed by atoms with E-state index in [1.54, 1.807) is 0 Å². The lowest BCUT2D eigenvalue weighted by Gasteiger charge is -2.09. The molecule has 106 valence electrons. The largest absolute Gasteiger partial charge is 0.488 e. The first-order valence-corrected chi connectivity index (χ1v) is 7.53. The van der Waals surface area contributed by atoms with Crippen molar-refractivity contribution in [3.63, 3.8) is 0 Å². The van der Waals surface area contributed by atoms with Gasteiger partial charge in [0.15, 0.2) is 0 Å². The molecule has 0 amide bonds. The first-order chi connectivity index (χ1) is 8.52. The van der Waals surface area contributed by atoms with Gasteiger partial charge in [-0.2, -0.15) is 16.8 Å². The minimum Gasteiger partial charge on any atom is -0.358 e. The van der Waals surface area contributed by atoms with Crippen molar-refractivity contribution in [1.82, 2.24) is 0 Å². The van der Waals surface area contributed by atoms with Gasteiger partial charge in [0.25, 0.3) is 0 Å². The van der Waals surface area contributed by atoms with Gasteiger partial charge in [-0.1, -0.05) is 3.89 Å². The first-order valence-electron chi connectivity index (χ1n) is 4.67. The molecule has 0 N–H and O–H groups in total. The fraction of sp³-hybridized carbons (Fsp3) is 0.222. The molecule has 1 aromatic carbocycles. The smallest absolute Gasteiger partial charge is 0.358 e. The molecular weight excluding hydrogens is 306 g/mol. The lowest BCUT2D eigenvalue weighted by Crippen LogP contribution is -2.06. The summed E-state index contributed by atoms with van der Waals surface area (Å²) in [5.41, 5.74) is -0.485. The van der Waals surface area contributed by atoms with Crippen molar-refractivity contribution in [1.29, 1.82) is 0 Å². The SMILES string of the molecule is Cc1c(CS(=O)(=O)F)cc(C=O)cc1OS(=O)(=O)F. The number of benzene rings is 1. The summed E-state index contributed by atoms with van der Waals surface area (Å²) in [6, 6.07) is 1.94. The molecule has 19 heavy (non-hydrogen) atoms. The number of rotatable bonds is 5. The predicted molar refractivity (Wildman–Crippen MR) is 61.0 cm³/mol. The van der Waals surface area contributed by atoms with Gasteiger partial charge >= 0.3 is 20.7 Å². The van der Waals surface area contributed by atoms with Gasteiger partial charge in [-0.05, 0) is 30.2 Å². The van der Waals surface area contributed by atoms with E-state index in [-0.39, 0.29) is 23.0 Å². The highest BCUT2D eigenvalue weighted by molar-refractivity contribution is 7.85. The van der Waals surface area contributed by atoms with Crippen LogP contribution in [0.3, 0.4) is 0 Å². The number of hydrogen-bond donors (Lipinski definition) is 0. The van der Waals surface area contributed by atoms with Crippen LogP contribution in [0.2, 0.25) is 0 Å². The molecule has 0 spiro atoms. The molecule has 0 bridgehead atoms. The molecule has 0 aliphatic rings. The Labute approximate surface area is 108 Å². The van der Waals surface area contributed by atoms with E-state index in [1.165, 1.54) is 6.92 Å². The summed E-state index contributed by atoms with van der Waals surface area (Å²) >= 11 is 0. The third kappa shape index (κ3) is 4.91. The second-order valence-corrected chi connectivity index (χ2v) is 5.90. The zero-order valence-electron chi connectivity index (χ0n) is 9.46. The van der Waals surface area contributed by atoms with Crippen molar-refractivity contribution in [3.8, 4) is 5.75 Å². The maximum atomic E-state index is 12.6. The van der Waals surface area contributed by atoms with Crippen LogP contribution in [0.4, 0.5) is 7.77 Å². The highest BCUT2D eigenvalue weighted by Crippen LogP contribution is 2.27. The van der Waals surface area contributed by atoms with Crippen LogP contribution in [0.15, 0.2) is 12.1 Å². The number of carbonyl (C=O) groups is 1. The number of halogens is 2. The number of hydrogen-bond acceptors (Lipinski definition) is 6. The Balaban J connectivity index is 3.40. The zero-order valence-corrected chi connectivity index (χ0v) is 11.1. The quantitative estimate of drug-likeness (QED) is 0.598. The molecule has 0 unspecified atom stereocenters. The Bertz CT molecular complexity index is 653. The van der Waals surface area contributed by atoms with Gasteiger partial charge in [0, 0.05) is 5.56 Å². The number of carbonyl (C=O) groups excluding carboxylic acids is 1. The Kier molecular flexibility index (Phi) is 4.25. The number of aldehydes is 1. The molecule has 0 fully saturated rings.